The van der Waals surface area contributed by atoms with Crippen molar-refractivity contribution >= 4 is 47.4 Å². The lowest BCUT2D eigenvalue weighted by Gasteiger charge is -2.24. The summed E-state index contributed by atoms with van der Waals surface area (Å²) < 4.78 is 0. The fourth-order valence-corrected chi connectivity index (χ4v) is 2.74. The molecule has 1 saturated heterocycles. The van der Waals surface area contributed by atoms with E-state index in [1.54, 1.807) is 6.20 Å². The normalized spacial score (nSPS) is 16.8. The fourth-order valence-electron chi connectivity index (χ4n) is 2.74. The molecule has 5 nitrogen and oxygen atoms in total. The molecule has 0 aliphatic carbocycles. The summed E-state index contributed by atoms with van der Waals surface area (Å²) in [6.07, 6.45) is 3.89. The van der Waals surface area contributed by atoms with Gasteiger partial charge < -0.3 is 16.0 Å². The quantitative estimate of drug-likeness (QED) is 0.773. The highest BCUT2D eigenvalue weighted by atomic mass is 35.5. The van der Waals surface area contributed by atoms with Crippen molar-refractivity contribution in [2.24, 2.45) is 0 Å². The Hall–Kier alpha value is -1.56. The highest BCUT2D eigenvalue weighted by Gasteiger charge is 2.15. The molecule has 1 aliphatic heterocycles. The maximum absolute atomic E-state index is 12.1. The monoisotopic (exact) mass is 356 g/mol. The van der Waals surface area contributed by atoms with Crippen LogP contribution in [0.2, 0.25) is 0 Å². The van der Waals surface area contributed by atoms with E-state index in [0.29, 0.717) is 0 Å². The molecule has 23 heavy (non-hydrogen) atoms. The van der Waals surface area contributed by atoms with Crippen molar-refractivity contribution in [2.75, 3.05) is 18.4 Å². The molecule has 126 valence electrons. The number of aryl methyl sites for hydroxylation is 1. The Morgan fingerprint density at radius 3 is 2.87 bits per heavy atom. The Morgan fingerprint density at radius 2 is 2.13 bits per heavy atom. The van der Waals surface area contributed by atoms with Crippen LogP contribution < -0.4 is 16.0 Å². The van der Waals surface area contributed by atoms with Gasteiger partial charge in [-0.3, -0.25) is 4.98 Å². The Balaban J connectivity index is 0.00000132. The number of benzene rings is 1. The average molecular weight is 357 g/mol. The van der Waals surface area contributed by atoms with Gasteiger partial charge in [-0.05, 0) is 50.1 Å². The number of piperidine rings is 1. The van der Waals surface area contributed by atoms with Crippen molar-refractivity contribution in [2.45, 2.75) is 25.8 Å². The second-order valence-corrected chi connectivity index (χ2v) is 5.47. The minimum Gasteiger partial charge on any atom is -0.334 e. The highest BCUT2D eigenvalue weighted by Crippen LogP contribution is 2.24. The number of carbonyl (C=O) groups is 1. The molecule has 1 fully saturated rings. The van der Waals surface area contributed by atoms with Gasteiger partial charge in [-0.1, -0.05) is 6.07 Å². The number of carbonyl (C=O) groups excluding carboxylic acids is 1. The third-order valence-electron chi connectivity index (χ3n) is 3.85. The van der Waals surface area contributed by atoms with Gasteiger partial charge in [0.25, 0.3) is 0 Å². The van der Waals surface area contributed by atoms with E-state index in [1.165, 1.54) is 0 Å². The zero-order valence-corrected chi connectivity index (χ0v) is 14.6. The number of pyridine rings is 1. The molecule has 1 atom stereocenters. The molecular weight excluding hydrogens is 335 g/mol. The van der Waals surface area contributed by atoms with E-state index >= 15 is 0 Å². The number of hydrogen-bond acceptors (Lipinski definition) is 3. The van der Waals surface area contributed by atoms with Crippen LogP contribution in [0.5, 0.6) is 0 Å². The predicted octanol–water partition coefficient (Wildman–Crippen LogP) is 3.26. The Morgan fingerprint density at radius 1 is 1.30 bits per heavy atom. The minimum absolute atomic E-state index is 0. The molecule has 7 heteroatoms. The lowest BCUT2D eigenvalue weighted by Crippen LogP contribution is -2.47. The number of hydrogen-bond donors (Lipinski definition) is 3. The van der Waals surface area contributed by atoms with Gasteiger partial charge in [-0.15, -0.1) is 24.8 Å². The van der Waals surface area contributed by atoms with E-state index in [9.17, 15) is 4.79 Å². The number of aromatic nitrogens is 1. The Kier molecular flexibility index (Phi) is 7.55. The molecule has 0 saturated carbocycles. The lowest BCUT2D eigenvalue weighted by molar-refractivity contribution is 0.245. The van der Waals surface area contributed by atoms with Crippen LogP contribution in [0, 0.1) is 6.92 Å². The van der Waals surface area contributed by atoms with Crippen LogP contribution in [-0.2, 0) is 0 Å². The van der Waals surface area contributed by atoms with Crippen molar-refractivity contribution in [1.29, 1.82) is 0 Å². The van der Waals surface area contributed by atoms with E-state index in [-0.39, 0.29) is 36.9 Å². The molecule has 1 aromatic heterocycles. The smallest absolute Gasteiger partial charge is 0.319 e. The molecule has 3 rings (SSSR count). The van der Waals surface area contributed by atoms with Gasteiger partial charge in [0.1, 0.15) is 0 Å². The summed E-state index contributed by atoms with van der Waals surface area (Å²) in [5.41, 5.74) is 2.83. The molecule has 3 N–H and O–H groups in total. The maximum Gasteiger partial charge on any atom is 0.319 e. The van der Waals surface area contributed by atoms with E-state index in [1.807, 2.05) is 31.2 Å². The number of amides is 2. The molecule has 1 aromatic carbocycles. The van der Waals surface area contributed by atoms with E-state index in [0.717, 1.165) is 48.1 Å². The first kappa shape index (κ1) is 19.5. The number of anilines is 1. The summed E-state index contributed by atoms with van der Waals surface area (Å²) in [4.78, 5) is 16.5. The van der Waals surface area contributed by atoms with Crippen LogP contribution in [0.3, 0.4) is 0 Å². The Bertz CT molecular complexity index is 660. The highest BCUT2D eigenvalue weighted by molar-refractivity contribution is 6.01. The maximum atomic E-state index is 12.1. The number of urea groups is 1. The van der Waals surface area contributed by atoms with Crippen LogP contribution in [0.1, 0.15) is 18.4 Å². The predicted molar refractivity (Wildman–Crippen MR) is 99.0 cm³/mol. The second-order valence-electron chi connectivity index (χ2n) is 5.47. The third-order valence-corrected chi connectivity index (χ3v) is 3.85. The average Bonchev–Trinajstić information content (AvgIpc) is 2.51. The lowest BCUT2D eigenvalue weighted by atomic mass is 10.1. The Labute approximate surface area is 148 Å². The fraction of sp³-hybridized carbons (Fsp3) is 0.375. The molecule has 0 unspecified atom stereocenters. The molecule has 0 bridgehead atoms. The zero-order chi connectivity index (χ0) is 14.7. The van der Waals surface area contributed by atoms with Gasteiger partial charge in [0.05, 0.1) is 11.2 Å². The van der Waals surface area contributed by atoms with E-state index < -0.39 is 0 Å². The number of fused-ring (bicyclic) bond motifs is 1. The van der Waals surface area contributed by atoms with Crippen LogP contribution >= 0.6 is 24.8 Å². The number of nitrogens with zero attached hydrogens (tertiary/aromatic N) is 1. The minimum atomic E-state index is -0.155. The van der Waals surface area contributed by atoms with Gasteiger partial charge in [-0.2, -0.15) is 0 Å². The summed E-state index contributed by atoms with van der Waals surface area (Å²) >= 11 is 0. The molecular formula is C16H22Cl2N4O. The molecule has 2 heterocycles. The van der Waals surface area contributed by atoms with Crippen LogP contribution in [0.4, 0.5) is 10.5 Å². The molecule has 0 spiro atoms. The van der Waals surface area contributed by atoms with E-state index in [4.69, 9.17) is 0 Å². The first-order valence-corrected chi connectivity index (χ1v) is 7.36. The summed E-state index contributed by atoms with van der Waals surface area (Å²) in [7, 11) is 0. The van der Waals surface area contributed by atoms with Crippen LogP contribution in [0.15, 0.2) is 30.5 Å². The van der Waals surface area contributed by atoms with Crippen molar-refractivity contribution < 1.29 is 4.79 Å². The SMILES string of the molecule is Cc1ccc(NC(=O)N[C@@H]2CCCNC2)c2cccnc12.Cl.Cl. The van der Waals surface area contributed by atoms with Crippen LogP contribution in [0.25, 0.3) is 10.9 Å². The third kappa shape index (κ3) is 4.70. The molecule has 2 aromatic rings. The van der Waals surface area contributed by atoms with Gasteiger partial charge in [-0.25, -0.2) is 4.79 Å². The topological polar surface area (TPSA) is 66.1 Å². The van der Waals surface area contributed by atoms with Gasteiger partial charge in [0.15, 0.2) is 0 Å². The van der Waals surface area contributed by atoms with Gasteiger partial charge in [0.2, 0.25) is 0 Å². The largest absolute Gasteiger partial charge is 0.334 e. The van der Waals surface area contributed by atoms with Crippen molar-refractivity contribution in [3.05, 3.63) is 36.0 Å². The zero-order valence-electron chi connectivity index (χ0n) is 13.0. The van der Waals surface area contributed by atoms with Gasteiger partial charge in [0, 0.05) is 24.2 Å². The number of halogens is 2. The summed E-state index contributed by atoms with van der Waals surface area (Å²) in [6, 6.07) is 7.82. The molecule has 0 radical (unpaired) electrons. The van der Waals surface area contributed by atoms with Crippen molar-refractivity contribution in [3.63, 3.8) is 0 Å². The second kappa shape index (κ2) is 8.91. The number of nitrogens with one attached hydrogen (secondary N) is 3. The molecule has 2 amide bonds. The van der Waals surface area contributed by atoms with Crippen molar-refractivity contribution in [1.82, 2.24) is 15.6 Å². The van der Waals surface area contributed by atoms with Crippen LogP contribution in [-0.4, -0.2) is 30.1 Å². The van der Waals surface area contributed by atoms with Crippen molar-refractivity contribution in [3.8, 4) is 0 Å². The standard InChI is InChI=1S/C16H20N4O.2ClH/c1-11-6-7-14(13-5-3-9-18-15(11)13)20-16(21)19-12-4-2-8-17-10-12;;/h3,5-7,9,12,17H,2,4,8,10H2,1H3,(H2,19,20,21);2*1H/t12-;;/m1../s1. The van der Waals surface area contributed by atoms with Gasteiger partial charge >= 0.3 is 6.03 Å². The first-order valence-electron chi connectivity index (χ1n) is 7.36. The molecule has 1 aliphatic rings. The number of rotatable bonds is 2. The summed E-state index contributed by atoms with van der Waals surface area (Å²) in [6.45, 7) is 3.89. The summed E-state index contributed by atoms with van der Waals surface area (Å²) in [5.74, 6) is 0. The summed E-state index contributed by atoms with van der Waals surface area (Å²) in [5, 5.41) is 10.2. The first-order chi connectivity index (χ1) is 10.2. The van der Waals surface area contributed by atoms with E-state index in [2.05, 4.69) is 20.9 Å².